The molecule has 5 atom stereocenters. The number of carbonyl (C=O) groups excluding carboxylic acids is 3. The van der Waals surface area contributed by atoms with Crippen LogP contribution in [0.25, 0.3) is 0 Å². The minimum absolute atomic E-state index is 0.0170. The molecule has 0 N–H and O–H groups in total. The SMILES string of the molecule is CC1(C)CCC[C@]23C(=O)OC[C@H]2[C@@H](COC(=O)[C@@]24CC[C@@](C)(C(=O)O2)C4(C)C)CC=C13. The van der Waals surface area contributed by atoms with Gasteiger partial charge in [0, 0.05) is 17.3 Å². The zero-order chi connectivity index (χ0) is 22.4. The summed E-state index contributed by atoms with van der Waals surface area (Å²) in [5.41, 5.74) is -1.84. The Hall–Kier alpha value is -1.85. The van der Waals surface area contributed by atoms with E-state index < -0.39 is 27.8 Å². The lowest BCUT2D eigenvalue weighted by atomic mass is 9.51. The molecule has 6 heteroatoms. The quantitative estimate of drug-likeness (QED) is 0.383. The van der Waals surface area contributed by atoms with Crippen molar-refractivity contribution < 1.29 is 28.6 Å². The topological polar surface area (TPSA) is 78.9 Å². The van der Waals surface area contributed by atoms with Gasteiger partial charge in [-0.2, -0.15) is 0 Å². The maximum absolute atomic E-state index is 13.3. The fraction of sp³-hybridized carbons (Fsp3) is 0.800. The van der Waals surface area contributed by atoms with Gasteiger partial charge in [-0.05, 0) is 44.4 Å². The first-order chi connectivity index (χ1) is 14.4. The Balaban J connectivity index is 1.38. The molecule has 5 rings (SSSR count). The lowest BCUT2D eigenvalue weighted by Gasteiger charge is -2.50. The molecule has 0 aromatic heterocycles. The molecule has 2 saturated heterocycles. The van der Waals surface area contributed by atoms with Crippen molar-refractivity contribution in [1.29, 1.82) is 0 Å². The Kier molecular flexibility index (Phi) is 4.16. The summed E-state index contributed by atoms with van der Waals surface area (Å²) in [4.78, 5) is 38.8. The zero-order valence-electron chi connectivity index (χ0n) is 19.3. The van der Waals surface area contributed by atoms with Crippen LogP contribution in [0.2, 0.25) is 0 Å². The molecule has 1 spiro atoms. The minimum atomic E-state index is -1.21. The van der Waals surface area contributed by atoms with E-state index in [-0.39, 0.29) is 35.8 Å². The molecule has 6 nitrogen and oxygen atoms in total. The van der Waals surface area contributed by atoms with E-state index in [0.717, 1.165) is 25.7 Å². The van der Waals surface area contributed by atoms with E-state index in [1.54, 1.807) is 0 Å². The van der Waals surface area contributed by atoms with Gasteiger partial charge in [0.25, 0.3) is 0 Å². The minimum Gasteiger partial charge on any atom is -0.465 e. The number of carbonyl (C=O) groups is 3. The second kappa shape index (κ2) is 6.14. The Labute approximate surface area is 184 Å². The van der Waals surface area contributed by atoms with E-state index in [2.05, 4.69) is 19.9 Å². The van der Waals surface area contributed by atoms with Crippen LogP contribution in [-0.2, 0) is 28.6 Å². The third-order valence-corrected chi connectivity index (χ3v) is 10.0. The van der Waals surface area contributed by atoms with Crippen LogP contribution in [-0.4, -0.2) is 36.7 Å². The standard InChI is InChI=1S/C25H34O6/c1-21(2)9-6-10-24-16(14-30-19(24)27)15(7-8-17(21)24)13-29-20(28)25-12-11-23(5,18(26)31-25)22(25,3)4/h8,15-16H,6-7,9-14H2,1-5H3/t15-,16+,23+,24+,25-/m1/s1. The van der Waals surface area contributed by atoms with E-state index in [9.17, 15) is 14.4 Å². The van der Waals surface area contributed by atoms with Crippen LogP contribution in [0, 0.1) is 33.5 Å². The fourth-order valence-corrected chi connectivity index (χ4v) is 7.48. The van der Waals surface area contributed by atoms with Crippen LogP contribution in [0.5, 0.6) is 0 Å². The molecule has 31 heavy (non-hydrogen) atoms. The smallest absolute Gasteiger partial charge is 0.351 e. The van der Waals surface area contributed by atoms with Crippen molar-refractivity contribution in [2.24, 2.45) is 33.5 Å². The molecule has 4 fully saturated rings. The number of esters is 3. The molecule has 170 valence electrons. The number of hydrogen-bond acceptors (Lipinski definition) is 6. The molecule has 0 radical (unpaired) electrons. The summed E-state index contributed by atoms with van der Waals surface area (Å²) in [6, 6.07) is 0. The Bertz CT molecular complexity index is 900. The third kappa shape index (κ3) is 2.32. The van der Waals surface area contributed by atoms with Crippen molar-refractivity contribution in [3.63, 3.8) is 0 Å². The van der Waals surface area contributed by atoms with Crippen molar-refractivity contribution in [1.82, 2.24) is 0 Å². The van der Waals surface area contributed by atoms with Gasteiger partial charge < -0.3 is 14.2 Å². The van der Waals surface area contributed by atoms with Gasteiger partial charge in [-0.3, -0.25) is 9.59 Å². The molecule has 5 aliphatic rings. The highest BCUT2D eigenvalue weighted by atomic mass is 16.6. The number of ether oxygens (including phenoxy) is 3. The molecule has 0 aromatic carbocycles. The second-order valence-electron chi connectivity index (χ2n) is 11.8. The van der Waals surface area contributed by atoms with Crippen LogP contribution < -0.4 is 0 Å². The van der Waals surface area contributed by atoms with E-state index >= 15 is 0 Å². The highest BCUT2D eigenvalue weighted by Gasteiger charge is 2.76. The van der Waals surface area contributed by atoms with Gasteiger partial charge in [0.05, 0.1) is 24.0 Å². The van der Waals surface area contributed by atoms with Crippen molar-refractivity contribution >= 4 is 17.9 Å². The average Bonchev–Trinajstić information content (AvgIpc) is 3.19. The number of hydrogen-bond donors (Lipinski definition) is 0. The van der Waals surface area contributed by atoms with Gasteiger partial charge in [0.1, 0.15) is 0 Å². The highest BCUT2D eigenvalue weighted by molar-refractivity contribution is 5.93. The highest BCUT2D eigenvalue weighted by Crippen LogP contribution is 2.66. The van der Waals surface area contributed by atoms with Crippen LogP contribution in [0.1, 0.15) is 73.1 Å². The van der Waals surface area contributed by atoms with Gasteiger partial charge in [0.2, 0.25) is 5.60 Å². The summed E-state index contributed by atoms with van der Waals surface area (Å²) in [6.45, 7) is 10.8. The molecule has 2 saturated carbocycles. The second-order valence-corrected chi connectivity index (χ2v) is 11.8. The average molecular weight is 431 g/mol. The Morgan fingerprint density at radius 1 is 1.06 bits per heavy atom. The van der Waals surface area contributed by atoms with E-state index in [1.807, 2.05) is 20.8 Å². The molecule has 2 aliphatic heterocycles. The number of allylic oxidation sites excluding steroid dienone is 1. The summed E-state index contributed by atoms with van der Waals surface area (Å²) in [5.74, 6) is -0.798. The van der Waals surface area contributed by atoms with Crippen molar-refractivity contribution in [2.75, 3.05) is 13.2 Å². The fourth-order valence-electron chi connectivity index (χ4n) is 7.48. The van der Waals surface area contributed by atoms with Gasteiger partial charge >= 0.3 is 17.9 Å². The van der Waals surface area contributed by atoms with E-state index in [4.69, 9.17) is 14.2 Å². The first-order valence-electron chi connectivity index (χ1n) is 11.7. The molecule has 3 aliphatic carbocycles. The maximum Gasteiger partial charge on any atom is 0.351 e. The number of fused-ring (bicyclic) bond motifs is 2. The summed E-state index contributed by atoms with van der Waals surface area (Å²) < 4.78 is 17.2. The van der Waals surface area contributed by atoms with E-state index in [1.165, 1.54) is 5.57 Å². The summed E-state index contributed by atoms with van der Waals surface area (Å²) in [6.07, 6.45) is 6.99. The molecule has 0 amide bonds. The maximum atomic E-state index is 13.3. The van der Waals surface area contributed by atoms with Gasteiger partial charge in [-0.15, -0.1) is 0 Å². The monoisotopic (exact) mass is 430 g/mol. The number of cyclic esters (lactones) is 1. The van der Waals surface area contributed by atoms with Crippen LogP contribution in [0.4, 0.5) is 0 Å². The molecule has 2 bridgehead atoms. The predicted octanol–water partition coefficient (Wildman–Crippen LogP) is 3.97. The first kappa shape index (κ1) is 21.0. The molecule has 2 heterocycles. The molecule has 0 unspecified atom stereocenters. The normalized spacial score (nSPS) is 44.1. The third-order valence-electron chi connectivity index (χ3n) is 10.0. The van der Waals surface area contributed by atoms with Crippen LogP contribution in [0.3, 0.4) is 0 Å². The van der Waals surface area contributed by atoms with Gasteiger partial charge in [-0.1, -0.05) is 45.8 Å². The van der Waals surface area contributed by atoms with Crippen molar-refractivity contribution in [3.05, 3.63) is 11.6 Å². The zero-order valence-corrected chi connectivity index (χ0v) is 19.3. The largest absolute Gasteiger partial charge is 0.465 e. The number of rotatable bonds is 3. The van der Waals surface area contributed by atoms with Crippen molar-refractivity contribution in [2.45, 2.75) is 78.7 Å². The molecular formula is C25H34O6. The predicted molar refractivity (Wildman–Crippen MR) is 112 cm³/mol. The summed E-state index contributed by atoms with van der Waals surface area (Å²) >= 11 is 0. The Morgan fingerprint density at radius 2 is 1.81 bits per heavy atom. The lowest BCUT2D eigenvalue weighted by Crippen LogP contribution is -2.51. The summed E-state index contributed by atoms with van der Waals surface area (Å²) in [7, 11) is 0. The van der Waals surface area contributed by atoms with Crippen LogP contribution >= 0.6 is 0 Å². The van der Waals surface area contributed by atoms with Crippen molar-refractivity contribution in [3.8, 4) is 0 Å². The molecular weight excluding hydrogens is 396 g/mol. The first-order valence-corrected chi connectivity index (χ1v) is 11.7. The van der Waals surface area contributed by atoms with Crippen LogP contribution in [0.15, 0.2) is 11.6 Å². The summed E-state index contributed by atoms with van der Waals surface area (Å²) in [5, 5.41) is 0. The lowest BCUT2D eigenvalue weighted by molar-refractivity contribution is -0.184. The molecule has 0 aromatic rings. The van der Waals surface area contributed by atoms with E-state index in [0.29, 0.717) is 19.4 Å². The Morgan fingerprint density at radius 3 is 2.45 bits per heavy atom. The van der Waals surface area contributed by atoms with Gasteiger partial charge in [0.15, 0.2) is 0 Å². The van der Waals surface area contributed by atoms with Gasteiger partial charge in [-0.25, -0.2) is 4.79 Å².